The van der Waals surface area contributed by atoms with Crippen molar-refractivity contribution >= 4 is 11.8 Å². The number of hydrogen-bond acceptors (Lipinski definition) is 2. The van der Waals surface area contributed by atoms with Gasteiger partial charge in [-0.05, 0) is 41.8 Å². The Bertz CT molecular complexity index is 580. The zero-order valence-corrected chi connectivity index (χ0v) is 10.3. The summed E-state index contributed by atoms with van der Waals surface area (Å²) in [7, 11) is 0. The van der Waals surface area contributed by atoms with Gasteiger partial charge in [0.25, 0.3) is 0 Å². The number of carbonyl (C=O) groups excluding carboxylic acids is 2. The molecule has 0 bridgehead atoms. The van der Waals surface area contributed by atoms with E-state index >= 15 is 0 Å². The molecule has 0 saturated heterocycles. The molecule has 0 aliphatic rings. The van der Waals surface area contributed by atoms with Crippen LogP contribution >= 0.6 is 0 Å². The average molecular weight is 254 g/mol. The van der Waals surface area contributed by atoms with Gasteiger partial charge in [-0.3, -0.25) is 9.59 Å². The number of hydrogen-bond donors (Lipinski definition) is 2. The molecule has 19 heavy (non-hydrogen) atoms. The minimum Gasteiger partial charge on any atom is -0.366 e. The van der Waals surface area contributed by atoms with Gasteiger partial charge in [0.2, 0.25) is 11.8 Å². The largest absolute Gasteiger partial charge is 0.366 e. The Morgan fingerprint density at radius 1 is 0.789 bits per heavy atom. The third kappa shape index (κ3) is 3.19. The van der Waals surface area contributed by atoms with Crippen LogP contribution in [-0.2, 0) is 6.42 Å². The topological polar surface area (TPSA) is 86.2 Å². The highest BCUT2D eigenvalue weighted by atomic mass is 16.1. The molecule has 0 atom stereocenters. The van der Waals surface area contributed by atoms with Gasteiger partial charge >= 0.3 is 0 Å². The van der Waals surface area contributed by atoms with Gasteiger partial charge in [0, 0.05) is 11.1 Å². The van der Waals surface area contributed by atoms with Crippen molar-refractivity contribution in [1.29, 1.82) is 0 Å². The Hall–Kier alpha value is -2.62. The highest BCUT2D eigenvalue weighted by Crippen LogP contribution is 2.13. The molecule has 0 radical (unpaired) electrons. The van der Waals surface area contributed by atoms with Crippen molar-refractivity contribution in [2.24, 2.45) is 11.5 Å². The standard InChI is InChI=1S/C15H14N2O2/c16-14(18)12-5-1-3-10(8-12)7-11-4-2-6-13(9-11)15(17)19/h1-6,8-9H,7H2,(H2,16,18)(H2,17,19). The molecule has 4 N–H and O–H groups in total. The molecule has 0 unspecified atom stereocenters. The summed E-state index contributed by atoms with van der Waals surface area (Å²) in [4.78, 5) is 22.2. The first-order valence-electron chi connectivity index (χ1n) is 5.84. The second-order valence-electron chi connectivity index (χ2n) is 4.31. The highest BCUT2D eigenvalue weighted by Gasteiger charge is 2.04. The zero-order chi connectivity index (χ0) is 13.8. The summed E-state index contributed by atoms with van der Waals surface area (Å²) in [6.45, 7) is 0. The molecule has 0 aliphatic heterocycles. The van der Waals surface area contributed by atoms with E-state index in [1.807, 2.05) is 12.1 Å². The summed E-state index contributed by atoms with van der Waals surface area (Å²) >= 11 is 0. The van der Waals surface area contributed by atoms with Crippen LogP contribution < -0.4 is 11.5 Å². The molecule has 0 aliphatic carbocycles. The number of nitrogens with two attached hydrogens (primary N) is 2. The van der Waals surface area contributed by atoms with E-state index in [2.05, 4.69) is 0 Å². The second kappa shape index (κ2) is 5.35. The maximum Gasteiger partial charge on any atom is 0.248 e. The molecule has 0 aromatic heterocycles. The predicted molar refractivity (Wildman–Crippen MR) is 72.7 cm³/mol. The molecule has 0 heterocycles. The number of rotatable bonds is 4. The van der Waals surface area contributed by atoms with Crippen LogP contribution in [0, 0.1) is 0 Å². The van der Waals surface area contributed by atoms with Crippen molar-refractivity contribution in [3.8, 4) is 0 Å². The SMILES string of the molecule is NC(=O)c1cccc(Cc2cccc(C(N)=O)c2)c1. The smallest absolute Gasteiger partial charge is 0.248 e. The molecule has 0 spiro atoms. The van der Waals surface area contributed by atoms with Crippen LogP contribution in [0.15, 0.2) is 48.5 Å². The fourth-order valence-electron chi connectivity index (χ4n) is 1.90. The van der Waals surface area contributed by atoms with Crippen molar-refractivity contribution in [3.05, 3.63) is 70.8 Å². The van der Waals surface area contributed by atoms with E-state index in [1.165, 1.54) is 0 Å². The van der Waals surface area contributed by atoms with Crippen molar-refractivity contribution in [2.75, 3.05) is 0 Å². The Morgan fingerprint density at radius 2 is 1.21 bits per heavy atom. The Morgan fingerprint density at radius 3 is 1.58 bits per heavy atom. The predicted octanol–water partition coefficient (Wildman–Crippen LogP) is 1.48. The monoisotopic (exact) mass is 254 g/mol. The highest BCUT2D eigenvalue weighted by molar-refractivity contribution is 5.93. The quantitative estimate of drug-likeness (QED) is 0.865. The van der Waals surface area contributed by atoms with Crippen molar-refractivity contribution in [3.63, 3.8) is 0 Å². The lowest BCUT2D eigenvalue weighted by molar-refractivity contribution is 0.0992. The summed E-state index contributed by atoms with van der Waals surface area (Å²) in [5.74, 6) is -0.902. The van der Waals surface area contributed by atoms with E-state index in [4.69, 9.17) is 11.5 Å². The molecular formula is C15H14N2O2. The summed E-state index contributed by atoms with van der Waals surface area (Å²) < 4.78 is 0. The fourth-order valence-corrected chi connectivity index (χ4v) is 1.90. The molecule has 0 fully saturated rings. The van der Waals surface area contributed by atoms with E-state index < -0.39 is 11.8 Å². The second-order valence-corrected chi connectivity index (χ2v) is 4.31. The molecule has 2 aromatic rings. The van der Waals surface area contributed by atoms with Gasteiger partial charge in [0.05, 0.1) is 0 Å². The summed E-state index contributed by atoms with van der Waals surface area (Å²) in [5, 5.41) is 0. The van der Waals surface area contributed by atoms with Crippen LogP contribution in [0.5, 0.6) is 0 Å². The molecule has 2 rings (SSSR count). The molecular weight excluding hydrogens is 240 g/mol. The van der Waals surface area contributed by atoms with E-state index in [1.54, 1.807) is 36.4 Å². The van der Waals surface area contributed by atoms with Crippen LogP contribution in [0.4, 0.5) is 0 Å². The lowest BCUT2D eigenvalue weighted by atomic mass is 10.0. The first-order chi connectivity index (χ1) is 9.06. The van der Waals surface area contributed by atoms with Gasteiger partial charge in [-0.2, -0.15) is 0 Å². The first-order valence-corrected chi connectivity index (χ1v) is 5.84. The minimum absolute atomic E-state index is 0.451. The third-order valence-electron chi connectivity index (χ3n) is 2.83. The molecule has 2 aromatic carbocycles. The summed E-state index contributed by atoms with van der Waals surface area (Å²) in [6, 6.07) is 14.2. The van der Waals surface area contributed by atoms with Crippen molar-refractivity contribution < 1.29 is 9.59 Å². The van der Waals surface area contributed by atoms with Crippen molar-refractivity contribution in [1.82, 2.24) is 0 Å². The lowest BCUT2D eigenvalue weighted by Crippen LogP contribution is -2.11. The van der Waals surface area contributed by atoms with Gasteiger partial charge in [-0.25, -0.2) is 0 Å². The summed E-state index contributed by atoms with van der Waals surface area (Å²) in [5.41, 5.74) is 13.3. The zero-order valence-electron chi connectivity index (χ0n) is 10.3. The Labute approximate surface area is 111 Å². The van der Waals surface area contributed by atoms with Gasteiger partial charge in [-0.15, -0.1) is 0 Å². The van der Waals surface area contributed by atoms with Crippen LogP contribution in [0.3, 0.4) is 0 Å². The van der Waals surface area contributed by atoms with Crippen LogP contribution in [0.2, 0.25) is 0 Å². The van der Waals surface area contributed by atoms with E-state index in [0.29, 0.717) is 17.5 Å². The van der Waals surface area contributed by atoms with Gasteiger partial charge in [-0.1, -0.05) is 24.3 Å². The average Bonchev–Trinajstić information content (AvgIpc) is 2.39. The molecule has 4 nitrogen and oxygen atoms in total. The summed E-state index contributed by atoms with van der Waals surface area (Å²) in [6.07, 6.45) is 0.613. The van der Waals surface area contributed by atoms with Gasteiger partial charge in [0.15, 0.2) is 0 Å². The molecule has 0 saturated carbocycles. The van der Waals surface area contributed by atoms with Crippen LogP contribution in [0.25, 0.3) is 0 Å². The van der Waals surface area contributed by atoms with E-state index in [0.717, 1.165) is 11.1 Å². The minimum atomic E-state index is -0.451. The number of primary amides is 2. The fraction of sp³-hybridized carbons (Fsp3) is 0.0667. The van der Waals surface area contributed by atoms with E-state index in [9.17, 15) is 9.59 Å². The third-order valence-corrected chi connectivity index (χ3v) is 2.83. The molecule has 2 amide bonds. The van der Waals surface area contributed by atoms with E-state index in [-0.39, 0.29) is 0 Å². The molecule has 4 heteroatoms. The van der Waals surface area contributed by atoms with Gasteiger partial charge in [0.1, 0.15) is 0 Å². The Kier molecular flexibility index (Phi) is 3.61. The van der Waals surface area contributed by atoms with Crippen LogP contribution in [0.1, 0.15) is 31.8 Å². The number of carbonyl (C=O) groups is 2. The number of amides is 2. The van der Waals surface area contributed by atoms with Crippen LogP contribution in [-0.4, -0.2) is 11.8 Å². The number of benzene rings is 2. The normalized spacial score (nSPS) is 10.1. The van der Waals surface area contributed by atoms with Crippen molar-refractivity contribution in [2.45, 2.75) is 6.42 Å². The van der Waals surface area contributed by atoms with Gasteiger partial charge < -0.3 is 11.5 Å². The maximum absolute atomic E-state index is 11.1. The lowest BCUT2D eigenvalue weighted by Gasteiger charge is -2.05. The molecule has 96 valence electrons. The first kappa shape index (κ1) is 12.8. The maximum atomic E-state index is 11.1. The Balaban J connectivity index is 2.26.